The molecule has 6 heteroatoms. The molecule has 0 atom stereocenters. The first-order chi connectivity index (χ1) is 18.6. The minimum atomic E-state index is 0.496. The zero-order valence-electron chi connectivity index (χ0n) is 21.9. The number of anilines is 1. The molecule has 0 N–H and O–H groups in total. The van der Waals surface area contributed by atoms with E-state index in [1.807, 2.05) is 23.5 Å². The van der Waals surface area contributed by atoms with Crippen LogP contribution in [-0.4, -0.2) is 49.3 Å². The highest BCUT2D eigenvalue weighted by molar-refractivity contribution is 7.15. The van der Waals surface area contributed by atoms with Crippen LogP contribution in [0.1, 0.15) is 34.9 Å². The van der Waals surface area contributed by atoms with Crippen LogP contribution in [-0.2, 0) is 11.3 Å². The van der Waals surface area contributed by atoms with Crippen molar-refractivity contribution < 1.29 is 4.74 Å². The summed E-state index contributed by atoms with van der Waals surface area (Å²) in [6.07, 6.45) is 2.28. The highest BCUT2D eigenvalue weighted by atomic mass is 35.5. The average Bonchev–Trinajstić information content (AvgIpc) is 3.40. The summed E-state index contributed by atoms with van der Waals surface area (Å²) in [7, 11) is 0. The monoisotopic (exact) mass is 543 g/mol. The molecule has 196 valence electrons. The van der Waals surface area contributed by atoms with Gasteiger partial charge in [-0.2, -0.15) is 0 Å². The van der Waals surface area contributed by atoms with Crippen LogP contribution in [0.4, 0.5) is 5.69 Å². The Balaban J connectivity index is 1.19. The van der Waals surface area contributed by atoms with Crippen LogP contribution < -0.4 is 4.90 Å². The maximum atomic E-state index is 6.20. The Morgan fingerprint density at radius 3 is 2.29 bits per heavy atom. The Hall–Kier alpha value is -2.70. The molecular weight excluding hydrogens is 510 g/mol. The topological polar surface area (TPSA) is 28.6 Å². The molecule has 0 radical (unpaired) electrons. The quantitative estimate of drug-likeness (QED) is 0.249. The summed E-state index contributed by atoms with van der Waals surface area (Å²) >= 11 is 8.06. The van der Waals surface area contributed by atoms with Gasteiger partial charge in [0.1, 0.15) is 0 Å². The molecule has 2 fully saturated rings. The van der Waals surface area contributed by atoms with E-state index < -0.39 is 0 Å². The number of aromatic nitrogens is 1. The molecule has 1 aromatic heterocycles. The van der Waals surface area contributed by atoms with Crippen LogP contribution >= 0.6 is 22.9 Å². The van der Waals surface area contributed by atoms with Crippen molar-refractivity contribution in [3.05, 3.63) is 94.0 Å². The molecule has 2 aliphatic rings. The number of likely N-dealkylation sites (tertiary alicyclic amines) is 1. The van der Waals surface area contributed by atoms with Gasteiger partial charge in [0.05, 0.1) is 28.8 Å². The normalized spacial score (nSPS) is 17.2. The number of benzene rings is 3. The third-order valence-corrected chi connectivity index (χ3v) is 9.27. The number of aryl methyl sites for hydroxylation is 1. The van der Waals surface area contributed by atoms with Gasteiger partial charge < -0.3 is 9.64 Å². The molecular formula is C32H34ClN3OS. The largest absolute Gasteiger partial charge is 0.378 e. The summed E-state index contributed by atoms with van der Waals surface area (Å²) in [6, 6.07) is 25.8. The fraction of sp³-hybridized carbons (Fsp3) is 0.344. The van der Waals surface area contributed by atoms with Crippen LogP contribution in [0.3, 0.4) is 0 Å². The summed E-state index contributed by atoms with van der Waals surface area (Å²) in [4.78, 5) is 11.6. The molecule has 0 aliphatic carbocycles. The number of halogens is 1. The number of nitrogens with zero attached hydrogens (tertiary/aromatic N) is 3. The summed E-state index contributed by atoms with van der Waals surface area (Å²) in [6.45, 7) is 8.91. The summed E-state index contributed by atoms with van der Waals surface area (Å²) in [5.41, 5.74) is 7.51. The Morgan fingerprint density at radius 1 is 0.868 bits per heavy atom. The van der Waals surface area contributed by atoms with E-state index in [1.54, 1.807) is 0 Å². The Labute approximate surface area is 234 Å². The third kappa shape index (κ3) is 5.67. The van der Waals surface area contributed by atoms with Crippen LogP contribution in [0.2, 0.25) is 5.02 Å². The summed E-state index contributed by atoms with van der Waals surface area (Å²) < 4.78 is 5.58. The van der Waals surface area contributed by atoms with Gasteiger partial charge in [-0.15, -0.1) is 11.3 Å². The van der Waals surface area contributed by atoms with Gasteiger partial charge in [-0.25, -0.2) is 4.98 Å². The lowest BCUT2D eigenvalue weighted by molar-refractivity contribution is 0.122. The van der Waals surface area contributed by atoms with Crippen molar-refractivity contribution in [1.82, 2.24) is 9.88 Å². The lowest BCUT2D eigenvalue weighted by Gasteiger charge is -2.34. The number of rotatable bonds is 6. The maximum absolute atomic E-state index is 6.20. The second kappa shape index (κ2) is 11.6. The van der Waals surface area contributed by atoms with Gasteiger partial charge in [0, 0.05) is 41.8 Å². The summed E-state index contributed by atoms with van der Waals surface area (Å²) in [5, 5.41) is 2.02. The molecule has 38 heavy (non-hydrogen) atoms. The number of ether oxygens (including phenoxy) is 1. The number of hydrogen-bond donors (Lipinski definition) is 0. The highest BCUT2D eigenvalue weighted by Gasteiger charge is 2.26. The molecule has 3 aromatic carbocycles. The predicted molar refractivity (Wildman–Crippen MR) is 159 cm³/mol. The van der Waals surface area contributed by atoms with Gasteiger partial charge in [0.15, 0.2) is 0 Å². The van der Waals surface area contributed by atoms with Gasteiger partial charge in [0.2, 0.25) is 0 Å². The molecule has 4 nitrogen and oxygen atoms in total. The zero-order chi connectivity index (χ0) is 25.9. The highest BCUT2D eigenvalue weighted by Crippen LogP contribution is 2.42. The van der Waals surface area contributed by atoms with Crippen molar-refractivity contribution in [2.45, 2.75) is 32.2 Å². The van der Waals surface area contributed by atoms with Crippen LogP contribution in [0.25, 0.3) is 21.7 Å². The van der Waals surface area contributed by atoms with Crippen LogP contribution in [0, 0.1) is 6.92 Å². The predicted octanol–water partition coefficient (Wildman–Crippen LogP) is 7.66. The fourth-order valence-electron chi connectivity index (χ4n) is 5.55. The Morgan fingerprint density at radius 2 is 1.55 bits per heavy atom. The lowest BCUT2D eigenvalue weighted by atomic mass is 9.96. The summed E-state index contributed by atoms with van der Waals surface area (Å²) in [5.74, 6) is 0.496. The van der Waals surface area contributed by atoms with Crippen molar-refractivity contribution in [3.63, 3.8) is 0 Å². The van der Waals surface area contributed by atoms with E-state index in [2.05, 4.69) is 77.4 Å². The van der Waals surface area contributed by atoms with Crippen LogP contribution in [0.5, 0.6) is 0 Å². The zero-order valence-corrected chi connectivity index (χ0v) is 23.5. The molecule has 3 heterocycles. The van der Waals surface area contributed by atoms with E-state index in [9.17, 15) is 0 Å². The minimum absolute atomic E-state index is 0.496. The Kier molecular flexibility index (Phi) is 7.80. The number of piperidine rings is 1. The van der Waals surface area contributed by atoms with Gasteiger partial charge in [-0.1, -0.05) is 71.8 Å². The second-order valence-electron chi connectivity index (χ2n) is 10.4. The first-order valence-corrected chi connectivity index (χ1v) is 14.8. The van der Waals surface area contributed by atoms with Crippen molar-refractivity contribution >= 4 is 28.6 Å². The first kappa shape index (κ1) is 25.6. The third-order valence-electron chi connectivity index (χ3n) is 7.75. The molecule has 4 aromatic rings. The molecule has 0 saturated carbocycles. The first-order valence-electron chi connectivity index (χ1n) is 13.6. The van der Waals surface area contributed by atoms with Gasteiger partial charge >= 0.3 is 0 Å². The van der Waals surface area contributed by atoms with Crippen molar-refractivity contribution in [2.75, 3.05) is 44.3 Å². The molecule has 2 aliphatic heterocycles. The number of morpholine rings is 1. The lowest BCUT2D eigenvalue weighted by Crippen LogP contribution is -2.38. The van der Waals surface area contributed by atoms with E-state index in [1.165, 1.54) is 32.3 Å². The van der Waals surface area contributed by atoms with E-state index in [-0.39, 0.29) is 0 Å². The molecule has 0 unspecified atom stereocenters. The number of hydrogen-bond acceptors (Lipinski definition) is 5. The van der Waals surface area contributed by atoms with E-state index >= 15 is 0 Å². The minimum Gasteiger partial charge on any atom is -0.378 e. The smallest absolute Gasteiger partial charge is 0.0970 e. The average molecular weight is 544 g/mol. The van der Waals surface area contributed by atoms with Crippen molar-refractivity contribution in [3.8, 4) is 21.7 Å². The van der Waals surface area contributed by atoms with Crippen LogP contribution in [0.15, 0.2) is 72.8 Å². The van der Waals surface area contributed by atoms with Gasteiger partial charge in [-0.3, -0.25) is 4.90 Å². The molecule has 2 saturated heterocycles. The SMILES string of the molecule is Cc1ccc(-c2sc(C3CCN(Cc4ccccc4N4CCOCC4)CC3)nc2-c2ccc(Cl)cc2)cc1. The van der Waals surface area contributed by atoms with E-state index in [0.717, 1.165) is 75.1 Å². The molecule has 0 spiro atoms. The van der Waals surface area contributed by atoms with E-state index in [4.69, 9.17) is 21.3 Å². The molecule has 0 amide bonds. The number of thiazole rings is 1. The maximum Gasteiger partial charge on any atom is 0.0970 e. The van der Waals surface area contributed by atoms with Gasteiger partial charge in [-0.05, 0) is 62.2 Å². The van der Waals surface area contributed by atoms with Crippen molar-refractivity contribution in [2.24, 2.45) is 0 Å². The van der Waals surface area contributed by atoms with Crippen molar-refractivity contribution in [1.29, 1.82) is 0 Å². The standard InChI is InChI=1S/C32H34ClN3OS/c1-23-6-8-25(9-7-23)31-30(24-10-12-28(33)13-11-24)34-32(38-31)26-14-16-35(17-15-26)22-27-4-2-3-5-29(27)36-18-20-37-21-19-36/h2-13,26H,14-22H2,1H3. The Bertz CT molecular complexity index is 1290. The second-order valence-corrected chi connectivity index (χ2v) is 11.8. The number of para-hydroxylation sites is 1. The van der Waals surface area contributed by atoms with E-state index in [0.29, 0.717) is 5.92 Å². The molecule has 0 bridgehead atoms. The molecule has 6 rings (SSSR count). The van der Waals surface area contributed by atoms with Gasteiger partial charge in [0.25, 0.3) is 0 Å². The fourth-order valence-corrected chi connectivity index (χ4v) is 6.94.